The van der Waals surface area contributed by atoms with Crippen molar-refractivity contribution < 1.29 is 36.3 Å². The molecule has 0 atom stereocenters. The monoisotopic (exact) mass is 561 g/mol. The minimum atomic E-state index is -4.92. The smallest absolute Gasteiger partial charge is 0.349 e. The zero-order chi connectivity index (χ0) is 28.1. The summed E-state index contributed by atoms with van der Waals surface area (Å²) in [7, 11) is 0. The predicted molar refractivity (Wildman–Crippen MR) is 132 cm³/mol. The van der Waals surface area contributed by atoms with E-state index in [1.165, 1.54) is 18.2 Å². The molecule has 1 aliphatic carbocycles. The van der Waals surface area contributed by atoms with Crippen LogP contribution in [-0.4, -0.2) is 29.5 Å². The summed E-state index contributed by atoms with van der Waals surface area (Å²) in [6.45, 7) is 0. The summed E-state index contributed by atoms with van der Waals surface area (Å²) in [5.74, 6) is -4.49. The third kappa shape index (κ3) is 5.26. The number of rotatable bonds is 5. The van der Waals surface area contributed by atoms with Gasteiger partial charge in [0, 0.05) is 28.3 Å². The molecule has 1 saturated carbocycles. The minimum absolute atomic E-state index is 0.0102. The van der Waals surface area contributed by atoms with Crippen LogP contribution in [0.2, 0.25) is 5.02 Å². The fourth-order valence-corrected chi connectivity index (χ4v) is 4.49. The summed E-state index contributed by atoms with van der Waals surface area (Å²) in [6.07, 6.45) is -2.44. The van der Waals surface area contributed by atoms with Crippen LogP contribution >= 0.6 is 11.6 Å². The first-order valence-electron chi connectivity index (χ1n) is 11.7. The van der Waals surface area contributed by atoms with E-state index in [1.807, 2.05) is 0 Å². The topological polar surface area (TPSA) is 87.6 Å². The summed E-state index contributed by atoms with van der Waals surface area (Å²) >= 11 is 6.22. The van der Waals surface area contributed by atoms with Crippen LogP contribution in [0.1, 0.15) is 67.0 Å². The zero-order valence-corrected chi connectivity index (χ0v) is 20.5. The van der Waals surface area contributed by atoms with Gasteiger partial charge in [-0.1, -0.05) is 11.6 Å². The van der Waals surface area contributed by atoms with E-state index >= 15 is 0 Å². The molecule has 5 rings (SSSR count). The Morgan fingerprint density at radius 1 is 0.897 bits per heavy atom. The van der Waals surface area contributed by atoms with Gasteiger partial charge in [0.15, 0.2) is 0 Å². The Balaban J connectivity index is 1.61. The molecule has 1 aliphatic heterocycles. The Labute approximate surface area is 222 Å². The minimum Gasteiger partial charge on any atom is -0.349 e. The lowest BCUT2D eigenvalue weighted by Crippen LogP contribution is -2.39. The highest BCUT2D eigenvalue weighted by molar-refractivity contribution is 6.39. The van der Waals surface area contributed by atoms with Crippen molar-refractivity contribution in [2.45, 2.75) is 31.5 Å². The number of alkyl halides is 3. The number of nitrogens with zero attached hydrogens (tertiary/aromatic N) is 1. The first-order chi connectivity index (χ1) is 18.4. The van der Waals surface area contributed by atoms with Crippen molar-refractivity contribution in [3.8, 4) is 0 Å². The first-order valence-corrected chi connectivity index (χ1v) is 12.1. The van der Waals surface area contributed by atoms with Gasteiger partial charge in [-0.15, -0.1) is 0 Å². The number of anilines is 1. The third-order valence-electron chi connectivity index (χ3n) is 6.44. The molecule has 200 valence electrons. The number of benzene rings is 3. The lowest BCUT2D eigenvalue weighted by Gasteiger charge is -2.26. The molecule has 0 aromatic heterocycles. The second-order valence-corrected chi connectivity index (χ2v) is 9.53. The molecule has 1 fully saturated rings. The van der Waals surface area contributed by atoms with Crippen LogP contribution in [0.5, 0.6) is 0 Å². The molecule has 3 aromatic rings. The third-order valence-corrected chi connectivity index (χ3v) is 6.77. The number of nitrogens with one attached hydrogen (secondary N) is 2. The maximum atomic E-state index is 14.1. The Morgan fingerprint density at radius 3 is 2.28 bits per heavy atom. The Hall–Kier alpha value is -4.12. The van der Waals surface area contributed by atoms with Crippen molar-refractivity contribution in [2.75, 3.05) is 5.32 Å². The van der Waals surface area contributed by atoms with Crippen LogP contribution in [0.3, 0.4) is 0 Å². The summed E-state index contributed by atoms with van der Waals surface area (Å²) < 4.78 is 67.7. The molecule has 3 aromatic carbocycles. The van der Waals surface area contributed by atoms with E-state index in [2.05, 4.69) is 15.6 Å². The summed E-state index contributed by atoms with van der Waals surface area (Å²) in [4.78, 5) is 42.8. The number of hydrogen-bond acceptors (Lipinski definition) is 3. The first kappa shape index (κ1) is 26.5. The van der Waals surface area contributed by atoms with E-state index < -0.39 is 46.7 Å². The molecule has 6 nitrogen and oxygen atoms in total. The molecule has 2 aliphatic rings. The quantitative estimate of drug-likeness (QED) is 0.366. The highest BCUT2D eigenvalue weighted by Crippen LogP contribution is 2.35. The van der Waals surface area contributed by atoms with Gasteiger partial charge in [-0.05, 0) is 67.8 Å². The second kappa shape index (κ2) is 9.88. The standard InChI is InChI=1S/C27H17ClF5N3O3/c28-20-5-4-15(29)11-18(20)23-22-19(26(39)36-23)8-13(24(37)34-17-2-1-3-17)9-21(22)35-25(38)12-6-14(27(31,32)33)10-16(30)7-12/h4-11,17H,1-3H2,(H,34,37)(H,35,38). The van der Waals surface area contributed by atoms with Crippen molar-refractivity contribution in [1.82, 2.24) is 5.32 Å². The Kier molecular flexibility index (Phi) is 6.71. The maximum Gasteiger partial charge on any atom is 0.416 e. The van der Waals surface area contributed by atoms with Crippen molar-refractivity contribution >= 4 is 40.7 Å². The van der Waals surface area contributed by atoms with E-state index in [1.54, 1.807) is 0 Å². The van der Waals surface area contributed by atoms with Crippen LogP contribution in [0.15, 0.2) is 53.5 Å². The van der Waals surface area contributed by atoms with E-state index in [9.17, 15) is 36.3 Å². The van der Waals surface area contributed by atoms with Gasteiger partial charge in [-0.2, -0.15) is 13.2 Å². The molecule has 0 radical (unpaired) electrons. The molecule has 3 amide bonds. The van der Waals surface area contributed by atoms with Crippen LogP contribution < -0.4 is 10.6 Å². The molecule has 0 saturated heterocycles. The van der Waals surface area contributed by atoms with E-state index in [0.717, 1.165) is 31.4 Å². The molecule has 2 N–H and O–H groups in total. The van der Waals surface area contributed by atoms with Crippen LogP contribution in [0.25, 0.3) is 0 Å². The lowest BCUT2D eigenvalue weighted by atomic mass is 9.92. The molecule has 12 heteroatoms. The fourth-order valence-electron chi connectivity index (χ4n) is 4.29. The van der Waals surface area contributed by atoms with Crippen LogP contribution in [0.4, 0.5) is 27.6 Å². The molecule has 0 unspecified atom stereocenters. The highest BCUT2D eigenvalue weighted by Gasteiger charge is 2.34. The average Bonchev–Trinajstić information content (AvgIpc) is 3.18. The van der Waals surface area contributed by atoms with Crippen molar-refractivity contribution in [3.05, 3.63) is 98.6 Å². The second-order valence-electron chi connectivity index (χ2n) is 9.12. The van der Waals surface area contributed by atoms with Crippen molar-refractivity contribution in [1.29, 1.82) is 0 Å². The normalized spacial score (nSPS) is 14.9. The van der Waals surface area contributed by atoms with Crippen LogP contribution in [-0.2, 0) is 6.18 Å². The van der Waals surface area contributed by atoms with Gasteiger partial charge in [-0.3, -0.25) is 14.4 Å². The maximum absolute atomic E-state index is 14.1. The number of fused-ring (bicyclic) bond motifs is 1. The van der Waals surface area contributed by atoms with E-state index in [-0.39, 0.29) is 50.8 Å². The number of hydrogen-bond donors (Lipinski definition) is 2. The molecule has 39 heavy (non-hydrogen) atoms. The van der Waals surface area contributed by atoms with Crippen LogP contribution in [0, 0.1) is 11.6 Å². The average molecular weight is 562 g/mol. The number of aliphatic imine (C=N–C) groups is 1. The number of halogens is 6. The molecule has 0 spiro atoms. The number of carbonyl (C=O) groups excluding carboxylic acids is 3. The Morgan fingerprint density at radius 2 is 1.62 bits per heavy atom. The lowest BCUT2D eigenvalue weighted by molar-refractivity contribution is -0.137. The highest BCUT2D eigenvalue weighted by atomic mass is 35.5. The van der Waals surface area contributed by atoms with Crippen molar-refractivity contribution in [3.63, 3.8) is 0 Å². The van der Waals surface area contributed by atoms with Gasteiger partial charge in [0.25, 0.3) is 17.7 Å². The molecular formula is C27H17ClF5N3O3. The SMILES string of the molecule is O=C(Nc1cc(C(=O)NC2CCC2)cc2c1C(c1cc(F)ccc1Cl)=NC2=O)c1cc(F)cc(C(F)(F)F)c1. The fraction of sp³-hybridized carbons (Fsp3) is 0.185. The Bertz CT molecular complexity index is 1580. The summed E-state index contributed by atoms with van der Waals surface area (Å²) in [5.41, 5.74) is -2.49. The van der Waals surface area contributed by atoms with Gasteiger partial charge in [0.1, 0.15) is 11.6 Å². The van der Waals surface area contributed by atoms with Crippen molar-refractivity contribution in [2.24, 2.45) is 4.99 Å². The number of carbonyl (C=O) groups is 3. The van der Waals surface area contributed by atoms with Gasteiger partial charge in [0.05, 0.1) is 27.5 Å². The van der Waals surface area contributed by atoms with E-state index in [4.69, 9.17) is 11.6 Å². The van der Waals surface area contributed by atoms with E-state index in [0.29, 0.717) is 12.1 Å². The van der Waals surface area contributed by atoms with Gasteiger partial charge < -0.3 is 10.6 Å². The summed E-state index contributed by atoms with van der Waals surface area (Å²) in [5, 5.41) is 5.20. The molecule has 0 bridgehead atoms. The van der Waals surface area contributed by atoms with Gasteiger partial charge in [-0.25, -0.2) is 13.8 Å². The van der Waals surface area contributed by atoms with Gasteiger partial charge >= 0.3 is 6.18 Å². The largest absolute Gasteiger partial charge is 0.416 e. The van der Waals surface area contributed by atoms with Gasteiger partial charge in [0.2, 0.25) is 0 Å². The predicted octanol–water partition coefficient (Wildman–Crippen LogP) is 6.16. The molecule has 1 heterocycles. The molecular weight excluding hydrogens is 545 g/mol. The zero-order valence-electron chi connectivity index (χ0n) is 19.8. The summed E-state index contributed by atoms with van der Waals surface area (Å²) in [6, 6.07) is 7.08. The number of amides is 3.